The van der Waals surface area contributed by atoms with Gasteiger partial charge < -0.3 is 4.74 Å². The van der Waals surface area contributed by atoms with Crippen LogP contribution in [-0.2, 0) is 14.8 Å². The number of amides is 1. The minimum Gasteiger partial charge on any atom is -0.494 e. The highest BCUT2D eigenvalue weighted by molar-refractivity contribution is 7.92. The van der Waals surface area contributed by atoms with Crippen molar-refractivity contribution in [3.8, 4) is 5.75 Å². The number of hydrazone groups is 1. The van der Waals surface area contributed by atoms with Crippen molar-refractivity contribution in [2.75, 3.05) is 23.7 Å². The first-order valence-corrected chi connectivity index (χ1v) is 10.3. The third kappa shape index (κ3) is 6.26. The Kier molecular flexibility index (Phi) is 7.20. The molecule has 0 unspecified atom stereocenters. The third-order valence-electron chi connectivity index (χ3n) is 3.40. The van der Waals surface area contributed by atoms with E-state index in [4.69, 9.17) is 16.3 Å². The zero-order valence-electron chi connectivity index (χ0n) is 14.9. The topological polar surface area (TPSA) is 88.1 Å². The number of hydrogen-bond acceptors (Lipinski definition) is 5. The van der Waals surface area contributed by atoms with Crippen LogP contribution in [0.3, 0.4) is 0 Å². The zero-order valence-corrected chi connectivity index (χ0v) is 16.5. The number of para-hydroxylation sites is 1. The lowest BCUT2D eigenvalue weighted by Crippen LogP contribution is -2.39. The first-order valence-electron chi connectivity index (χ1n) is 8.08. The van der Waals surface area contributed by atoms with Crippen LogP contribution >= 0.6 is 11.6 Å². The number of halogens is 1. The standard InChI is InChI=1S/C18H20ClN3O4S/c1-3-26-15-10-8-14(9-11-15)12-20-21-18(23)13-22(27(2,24)25)17-7-5-4-6-16(17)19/h4-12H,3,13H2,1-2H3,(H,21,23)/b20-12-. The maximum absolute atomic E-state index is 12.1. The number of anilines is 1. The van der Waals surface area contributed by atoms with Crippen LogP contribution in [0.15, 0.2) is 53.6 Å². The molecule has 2 aromatic rings. The number of ether oxygens (including phenoxy) is 1. The van der Waals surface area contributed by atoms with Crippen LogP contribution in [0.2, 0.25) is 5.02 Å². The molecule has 144 valence electrons. The molecule has 0 bridgehead atoms. The van der Waals surface area contributed by atoms with E-state index >= 15 is 0 Å². The van der Waals surface area contributed by atoms with Crippen molar-refractivity contribution in [1.82, 2.24) is 5.43 Å². The van der Waals surface area contributed by atoms with Gasteiger partial charge in [-0.15, -0.1) is 0 Å². The fourth-order valence-electron chi connectivity index (χ4n) is 2.20. The van der Waals surface area contributed by atoms with Gasteiger partial charge in [0.05, 0.1) is 29.8 Å². The number of benzene rings is 2. The van der Waals surface area contributed by atoms with Gasteiger partial charge in [-0.3, -0.25) is 9.10 Å². The van der Waals surface area contributed by atoms with Crippen molar-refractivity contribution in [2.24, 2.45) is 5.10 Å². The van der Waals surface area contributed by atoms with E-state index in [1.165, 1.54) is 12.3 Å². The molecule has 0 aliphatic heterocycles. The molecule has 0 saturated heterocycles. The summed E-state index contributed by atoms with van der Waals surface area (Å²) in [7, 11) is -3.70. The van der Waals surface area contributed by atoms with Gasteiger partial charge in [-0.2, -0.15) is 5.10 Å². The van der Waals surface area contributed by atoms with Crippen molar-refractivity contribution in [3.63, 3.8) is 0 Å². The maximum atomic E-state index is 12.1. The zero-order chi connectivity index (χ0) is 19.9. The van der Waals surface area contributed by atoms with Gasteiger partial charge >= 0.3 is 0 Å². The van der Waals surface area contributed by atoms with Crippen LogP contribution in [0.4, 0.5) is 5.69 Å². The Hall–Kier alpha value is -2.58. The van der Waals surface area contributed by atoms with E-state index in [1.54, 1.807) is 42.5 Å². The normalized spacial score (nSPS) is 11.4. The summed E-state index contributed by atoms with van der Waals surface area (Å²) < 4.78 is 30.3. The molecular formula is C18H20ClN3O4S. The number of rotatable bonds is 8. The molecule has 7 nitrogen and oxygen atoms in total. The van der Waals surface area contributed by atoms with Crippen molar-refractivity contribution >= 4 is 39.4 Å². The second-order valence-electron chi connectivity index (χ2n) is 5.52. The van der Waals surface area contributed by atoms with Crippen LogP contribution in [0.5, 0.6) is 5.75 Å². The molecule has 0 aliphatic rings. The number of carbonyl (C=O) groups excluding carboxylic acids is 1. The van der Waals surface area contributed by atoms with E-state index in [2.05, 4.69) is 10.5 Å². The van der Waals surface area contributed by atoms with Crippen molar-refractivity contribution < 1.29 is 17.9 Å². The second kappa shape index (κ2) is 9.38. The Morgan fingerprint density at radius 3 is 2.48 bits per heavy atom. The summed E-state index contributed by atoms with van der Waals surface area (Å²) in [6, 6.07) is 13.5. The molecule has 2 rings (SSSR count). The summed E-state index contributed by atoms with van der Waals surface area (Å²) in [5, 5.41) is 4.08. The first kappa shape index (κ1) is 20.7. The average molecular weight is 410 g/mol. The van der Waals surface area contributed by atoms with Gasteiger partial charge in [0, 0.05) is 0 Å². The molecule has 9 heteroatoms. The highest BCUT2D eigenvalue weighted by Gasteiger charge is 2.22. The van der Waals surface area contributed by atoms with Gasteiger partial charge in [-0.25, -0.2) is 13.8 Å². The quantitative estimate of drug-likeness (QED) is 0.536. The molecule has 2 aromatic carbocycles. The fraction of sp³-hybridized carbons (Fsp3) is 0.222. The molecule has 27 heavy (non-hydrogen) atoms. The molecule has 0 fully saturated rings. The average Bonchev–Trinajstić information content (AvgIpc) is 2.61. The summed E-state index contributed by atoms with van der Waals surface area (Å²) in [6.07, 6.45) is 2.46. The summed E-state index contributed by atoms with van der Waals surface area (Å²) in [5.74, 6) is 0.143. The lowest BCUT2D eigenvalue weighted by molar-refractivity contribution is -0.119. The molecule has 0 spiro atoms. The Morgan fingerprint density at radius 1 is 1.22 bits per heavy atom. The molecule has 0 saturated carbocycles. The molecule has 1 N–H and O–H groups in total. The van der Waals surface area contributed by atoms with Gasteiger partial charge in [0.15, 0.2) is 0 Å². The number of hydrogen-bond donors (Lipinski definition) is 1. The highest BCUT2D eigenvalue weighted by Crippen LogP contribution is 2.26. The van der Waals surface area contributed by atoms with Crippen LogP contribution in [0.1, 0.15) is 12.5 Å². The van der Waals surface area contributed by atoms with E-state index in [0.29, 0.717) is 6.61 Å². The predicted octanol–water partition coefficient (Wildman–Crippen LogP) is 2.66. The highest BCUT2D eigenvalue weighted by atomic mass is 35.5. The minimum atomic E-state index is -3.70. The van der Waals surface area contributed by atoms with Gasteiger partial charge in [0.1, 0.15) is 12.3 Å². The molecule has 0 heterocycles. The largest absolute Gasteiger partial charge is 0.494 e. The van der Waals surface area contributed by atoms with Gasteiger partial charge in [0.25, 0.3) is 5.91 Å². The molecule has 0 radical (unpaired) electrons. The summed E-state index contributed by atoms with van der Waals surface area (Å²) in [6.45, 7) is 2.03. The van der Waals surface area contributed by atoms with Crippen LogP contribution in [0, 0.1) is 0 Å². The number of sulfonamides is 1. The van der Waals surface area contributed by atoms with E-state index in [-0.39, 0.29) is 10.7 Å². The monoisotopic (exact) mass is 409 g/mol. The Bertz CT molecular complexity index is 914. The van der Waals surface area contributed by atoms with E-state index in [9.17, 15) is 13.2 Å². The number of nitrogens with one attached hydrogen (secondary N) is 1. The number of carbonyl (C=O) groups is 1. The molecule has 0 atom stereocenters. The number of nitrogens with zero attached hydrogens (tertiary/aromatic N) is 2. The summed E-state index contributed by atoms with van der Waals surface area (Å²) in [5.41, 5.74) is 3.30. The van der Waals surface area contributed by atoms with E-state index < -0.39 is 22.5 Å². The van der Waals surface area contributed by atoms with E-state index in [1.807, 2.05) is 6.92 Å². The molecule has 1 amide bonds. The maximum Gasteiger partial charge on any atom is 0.260 e. The molecule has 0 aromatic heterocycles. The Labute approximate surface area is 163 Å². The lowest BCUT2D eigenvalue weighted by atomic mass is 10.2. The fourth-order valence-corrected chi connectivity index (χ4v) is 3.35. The lowest BCUT2D eigenvalue weighted by Gasteiger charge is -2.22. The van der Waals surface area contributed by atoms with Crippen molar-refractivity contribution in [3.05, 3.63) is 59.1 Å². The van der Waals surface area contributed by atoms with Crippen molar-refractivity contribution in [1.29, 1.82) is 0 Å². The predicted molar refractivity (Wildman–Crippen MR) is 107 cm³/mol. The molecule has 0 aliphatic carbocycles. The smallest absolute Gasteiger partial charge is 0.260 e. The Balaban J connectivity index is 2.03. The van der Waals surface area contributed by atoms with Gasteiger partial charge in [0.2, 0.25) is 10.0 Å². The Morgan fingerprint density at radius 2 is 1.89 bits per heavy atom. The minimum absolute atomic E-state index is 0.229. The van der Waals surface area contributed by atoms with E-state index in [0.717, 1.165) is 21.9 Å². The van der Waals surface area contributed by atoms with Crippen molar-refractivity contribution in [2.45, 2.75) is 6.92 Å². The third-order valence-corrected chi connectivity index (χ3v) is 4.85. The van der Waals surface area contributed by atoms with Crippen LogP contribution < -0.4 is 14.5 Å². The van der Waals surface area contributed by atoms with Gasteiger partial charge in [-0.1, -0.05) is 23.7 Å². The van der Waals surface area contributed by atoms with Gasteiger partial charge in [-0.05, 0) is 48.9 Å². The SMILES string of the molecule is CCOc1ccc(/C=N\NC(=O)CN(c2ccccc2Cl)S(C)(=O)=O)cc1. The summed E-state index contributed by atoms with van der Waals surface area (Å²) >= 11 is 6.05. The van der Waals surface area contributed by atoms with Crippen LogP contribution in [-0.4, -0.2) is 39.9 Å². The second-order valence-corrected chi connectivity index (χ2v) is 7.83. The molecular weight excluding hydrogens is 390 g/mol. The summed E-state index contributed by atoms with van der Waals surface area (Å²) in [4.78, 5) is 12.1. The van der Waals surface area contributed by atoms with Crippen LogP contribution in [0.25, 0.3) is 0 Å². The first-order chi connectivity index (χ1) is 12.8.